The predicted molar refractivity (Wildman–Crippen MR) is 80.7 cm³/mol. The third-order valence-corrected chi connectivity index (χ3v) is 5.33. The lowest BCUT2D eigenvalue weighted by Gasteiger charge is -2.23. The molecule has 4 nitrogen and oxygen atoms in total. The summed E-state index contributed by atoms with van der Waals surface area (Å²) in [6, 6.07) is 0.0558. The van der Waals surface area contributed by atoms with Crippen molar-refractivity contribution in [3.63, 3.8) is 0 Å². The lowest BCUT2D eigenvalue weighted by atomic mass is 10.0. The number of hydrogen-bond donors (Lipinski definition) is 2. The molecular formula is C14H30N2O2S. The van der Waals surface area contributed by atoms with Crippen LogP contribution in [0.2, 0.25) is 0 Å². The van der Waals surface area contributed by atoms with Gasteiger partial charge in [-0.05, 0) is 51.1 Å². The average Bonchev–Trinajstić information content (AvgIpc) is 2.28. The van der Waals surface area contributed by atoms with Crippen LogP contribution in [0.4, 0.5) is 0 Å². The monoisotopic (exact) mass is 290 g/mol. The zero-order valence-electron chi connectivity index (χ0n) is 12.6. The molecule has 0 amide bonds. The zero-order chi connectivity index (χ0) is 14.3. The van der Waals surface area contributed by atoms with E-state index >= 15 is 0 Å². The Kier molecular flexibility index (Phi) is 7.32. The Bertz CT molecular complexity index is 335. The van der Waals surface area contributed by atoms with Crippen molar-refractivity contribution >= 4 is 10.0 Å². The molecule has 1 rings (SSSR count). The SMILES string of the molecule is CC(C)CCCC(C)NS(=O)(=O)CC1CCCNC1. The van der Waals surface area contributed by atoms with Gasteiger partial charge in [-0.1, -0.05) is 26.7 Å². The number of piperidine rings is 1. The second-order valence-corrected chi connectivity index (χ2v) is 8.14. The molecule has 19 heavy (non-hydrogen) atoms. The molecule has 2 unspecified atom stereocenters. The van der Waals surface area contributed by atoms with E-state index in [1.54, 1.807) is 0 Å². The number of nitrogens with one attached hydrogen (secondary N) is 2. The van der Waals surface area contributed by atoms with Crippen LogP contribution in [0.1, 0.15) is 52.9 Å². The van der Waals surface area contributed by atoms with Gasteiger partial charge >= 0.3 is 0 Å². The van der Waals surface area contributed by atoms with E-state index in [1.165, 1.54) is 6.42 Å². The smallest absolute Gasteiger partial charge is 0.212 e. The maximum Gasteiger partial charge on any atom is 0.212 e. The molecule has 1 saturated heterocycles. The van der Waals surface area contributed by atoms with Crippen molar-refractivity contribution in [2.45, 2.75) is 58.9 Å². The van der Waals surface area contributed by atoms with Gasteiger partial charge in [-0.15, -0.1) is 0 Å². The second kappa shape index (κ2) is 8.22. The Labute approximate surface area is 118 Å². The Hall–Kier alpha value is -0.130. The summed E-state index contributed by atoms with van der Waals surface area (Å²) in [7, 11) is -3.12. The first-order chi connectivity index (χ1) is 8.89. The van der Waals surface area contributed by atoms with Crippen LogP contribution in [0.15, 0.2) is 0 Å². The van der Waals surface area contributed by atoms with Crippen LogP contribution >= 0.6 is 0 Å². The zero-order valence-corrected chi connectivity index (χ0v) is 13.4. The van der Waals surface area contributed by atoms with E-state index in [2.05, 4.69) is 23.9 Å². The van der Waals surface area contributed by atoms with Crippen LogP contribution in [0, 0.1) is 11.8 Å². The van der Waals surface area contributed by atoms with Gasteiger partial charge in [0.15, 0.2) is 0 Å². The van der Waals surface area contributed by atoms with Gasteiger partial charge in [-0.2, -0.15) is 0 Å². The molecule has 0 aromatic rings. The maximum atomic E-state index is 12.1. The second-order valence-electron chi connectivity index (χ2n) is 6.34. The lowest BCUT2D eigenvalue weighted by molar-refractivity contribution is 0.401. The van der Waals surface area contributed by atoms with Gasteiger partial charge in [-0.25, -0.2) is 13.1 Å². The Morgan fingerprint density at radius 1 is 1.26 bits per heavy atom. The third kappa shape index (κ3) is 7.90. The van der Waals surface area contributed by atoms with Crippen LogP contribution in [0.5, 0.6) is 0 Å². The predicted octanol–water partition coefficient (Wildman–Crippen LogP) is 2.12. The van der Waals surface area contributed by atoms with Crippen molar-refractivity contribution < 1.29 is 8.42 Å². The van der Waals surface area contributed by atoms with Gasteiger partial charge in [0.05, 0.1) is 5.75 Å². The molecule has 1 aliphatic heterocycles. The molecule has 0 saturated carbocycles. The van der Waals surface area contributed by atoms with E-state index in [-0.39, 0.29) is 17.7 Å². The normalized spacial score (nSPS) is 22.6. The van der Waals surface area contributed by atoms with Gasteiger partial charge < -0.3 is 5.32 Å². The highest BCUT2D eigenvalue weighted by Crippen LogP contribution is 2.13. The highest BCUT2D eigenvalue weighted by molar-refractivity contribution is 7.89. The Morgan fingerprint density at radius 2 is 2.00 bits per heavy atom. The fourth-order valence-electron chi connectivity index (χ4n) is 2.62. The van der Waals surface area contributed by atoms with E-state index in [0.717, 1.165) is 38.8 Å². The number of rotatable bonds is 8. The molecule has 5 heteroatoms. The standard InChI is InChI=1S/C14H30N2O2S/c1-12(2)6-4-7-13(3)16-19(17,18)11-14-8-5-9-15-10-14/h12-16H,4-11H2,1-3H3. The molecule has 0 spiro atoms. The molecule has 1 aliphatic rings. The van der Waals surface area contributed by atoms with Crippen molar-refractivity contribution in [2.24, 2.45) is 11.8 Å². The van der Waals surface area contributed by atoms with Crippen molar-refractivity contribution in [2.75, 3.05) is 18.8 Å². The minimum absolute atomic E-state index is 0.0558. The molecule has 1 fully saturated rings. The van der Waals surface area contributed by atoms with Crippen LogP contribution in [0.25, 0.3) is 0 Å². The van der Waals surface area contributed by atoms with Crippen LogP contribution in [-0.4, -0.2) is 33.3 Å². The molecule has 2 atom stereocenters. The maximum absolute atomic E-state index is 12.1. The first-order valence-electron chi connectivity index (χ1n) is 7.60. The summed E-state index contributed by atoms with van der Waals surface area (Å²) in [5.74, 6) is 1.24. The summed E-state index contributed by atoms with van der Waals surface area (Å²) < 4.78 is 27.0. The van der Waals surface area contributed by atoms with Crippen molar-refractivity contribution in [1.82, 2.24) is 10.0 Å². The van der Waals surface area contributed by atoms with Crippen molar-refractivity contribution in [3.05, 3.63) is 0 Å². The van der Waals surface area contributed by atoms with E-state index in [1.807, 2.05) is 6.92 Å². The fourth-order valence-corrected chi connectivity index (χ4v) is 4.35. The lowest BCUT2D eigenvalue weighted by Crippen LogP contribution is -2.40. The third-order valence-electron chi connectivity index (χ3n) is 3.65. The largest absolute Gasteiger partial charge is 0.316 e. The fraction of sp³-hybridized carbons (Fsp3) is 1.00. The summed E-state index contributed by atoms with van der Waals surface area (Å²) in [5, 5.41) is 3.27. The van der Waals surface area contributed by atoms with Gasteiger partial charge in [-0.3, -0.25) is 0 Å². The minimum Gasteiger partial charge on any atom is -0.316 e. The molecule has 1 heterocycles. The molecule has 0 aliphatic carbocycles. The van der Waals surface area contributed by atoms with Gasteiger partial charge in [0.1, 0.15) is 0 Å². The molecule has 0 aromatic carbocycles. The first-order valence-corrected chi connectivity index (χ1v) is 9.25. The molecule has 0 radical (unpaired) electrons. The number of hydrogen-bond acceptors (Lipinski definition) is 3. The van der Waals surface area contributed by atoms with E-state index < -0.39 is 10.0 Å². The summed E-state index contributed by atoms with van der Waals surface area (Å²) >= 11 is 0. The van der Waals surface area contributed by atoms with Gasteiger partial charge in [0, 0.05) is 6.04 Å². The van der Waals surface area contributed by atoms with Crippen molar-refractivity contribution in [3.8, 4) is 0 Å². The Morgan fingerprint density at radius 3 is 2.58 bits per heavy atom. The highest BCUT2D eigenvalue weighted by atomic mass is 32.2. The Balaban J connectivity index is 2.28. The molecular weight excluding hydrogens is 260 g/mol. The molecule has 0 aromatic heterocycles. The van der Waals surface area contributed by atoms with Gasteiger partial charge in [0.25, 0.3) is 0 Å². The van der Waals surface area contributed by atoms with E-state index in [9.17, 15) is 8.42 Å². The summed E-state index contributed by atoms with van der Waals surface area (Å²) in [5.41, 5.74) is 0. The highest BCUT2D eigenvalue weighted by Gasteiger charge is 2.22. The molecule has 0 bridgehead atoms. The quantitative estimate of drug-likeness (QED) is 0.720. The summed E-state index contributed by atoms with van der Waals surface area (Å²) in [6.07, 6.45) is 5.30. The molecule has 2 N–H and O–H groups in total. The number of sulfonamides is 1. The van der Waals surface area contributed by atoms with E-state index in [4.69, 9.17) is 0 Å². The van der Waals surface area contributed by atoms with Crippen LogP contribution < -0.4 is 10.0 Å². The van der Waals surface area contributed by atoms with Crippen LogP contribution in [0.3, 0.4) is 0 Å². The summed E-state index contributed by atoms with van der Waals surface area (Å²) in [6.45, 7) is 8.23. The minimum atomic E-state index is -3.12. The first kappa shape index (κ1) is 16.9. The topological polar surface area (TPSA) is 58.2 Å². The average molecular weight is 290 g/mol. The van der Waals surface area contributed by atoms with E-state index in [0.29, 0.717) is 5.92 Å². The molecule has 114 valence electrons. The van der Waals surface area contributed by atoms with Gasteiger partial charge in [0.2, 0.25) is 10.0 Å². The van der Waals surface area contributed by atoms with Crippen molar-refractivity contribution in [1.29, 1.82) is 0 Å². The van der Waals surface area contributed by atoms with Crippen LogP contribution in [-0.2, 0) is 10.0 Å². The summed E-state index contributed by atoms with van der Waals surface area (Å²) in [4.78, 5) is 0.